The first-order valence-corrected chi connectivity index (χ1v) is 6.75. The third-order valence-corrected chi connectivity index (χ3v) is 3.51. The van der Waals surface area contributed by atoms with Crippen LogP contribution in [0.2, 0.25) is 0 Å². The van der Waals surface area contributed by atoms with Gasteiger partial charge >= 0.3 is 5.97 Å². The van der Waals surface area contributed by atoms with Crippen LogP contribution in [0.3, 0.4) is 0 Å². The number of aliphatic carboxylic acids is 1. The number of carbonyl (C=O) groups excluding carboxylic acids is 1. The van der Waals surface area contributed by atoms with Crippen LogP contribution in [0, 0.1) is 0 Å². The van der Waals surface area contributed by atoms with Crippen molar-refractivity contribution in [3.63, 3.8) is 0 Å². The van der Waals surface area contributed by atoms with Gasteiger partial charge in [0.25, 0.3) is 0 Å². The topological polar surface area (TPSA) is 102 Å². The van der Waals surface area contributed by atoms with E-state index < -0.39 is 24.3 Å². The van der Waals surface area contributed by atoms with Crippen molar-refractivity contribution < 1.29 is 19.4 Å². The largest absolute Gasteiger partial charge is 0.495 e. The van der Waals surface area contributed by atoms with Crippen LogP contribution in [0.5, 0.6) is 5.75 Å². The molecule has 1 atom stereocenters. The number of carboxylic acids is 1. The van der Waals surface area contributed by atoms with Gasteiger partial charge in [-0.1, -0.05) is 0 Å². The standard InChI is InChI=1S/C11H12Br2N2O4/c1-19-9-4-8(5(12)2-6(9)13)15-11(18)7(14)3-10(16)17/h2,4,7H,3,14H2,1H3,(H,15,18)(H,16,17). The first-order valence-electron chi connectivity index (χ1n) is 5.16. The van der Waals surface area contributed by atoms with E-state index in [1.165, 1.54) is 7.11 Å². The molecule has 1 rings (SSSR count). The van der Waals surface area contributed by atoms with Crippen LogP contribution in [-0.2, 0) is 9.59 Å². The van der Waals surface area contributed by atoms with Gasteiger partial charge in [0.1, 0.15) is 5.75 Å². The van der Waals surface area contributed by atoms with E-state index in [-0.39, 0.29) is 0 Å². The highest BCUT2D eigenvalue weighted by Crippen LogP contribution is 2.34. The zero-order valence-electron chi connectivity index (χ0n) is 9.94. The number of carbonyl (C=O) groups is 2. The fraction of sp³-hybridized carbons (Fsp3) is 0.273. The van der Waals surface area contributed by atoms with E-state index in [0.717, 1.165) is 4.47 Å². The molecule has 1 aromatic carbocycles. The first-order chi connectivity index (χ1) is 8.85. The molecule has 6 nitrogen and oxygen atoms in total. The number of amides is 1. The summed E-state index contributed by atoms with van der Waals surface area (Å²) in [5.41, 5.74) is 5.92. The van der Waals surface area contributed by atoms with Crippen LogP contribution in [0.1, 0.15) is 6.42 Å². The summed E-state index contributed by atoms with van der Waals surface area (Å²) in [5, 5.41) is 11.1. The number of hydrogen-bond acceptors (Lipinski definition) is 4. The Labute approximate surface area is 126 Å². The van der Waals surface area contributed by atoms with E-state index in [4.69, 9.17) is 15.6 Å². The van der Waals surface area contributed by atoms with E-state index in [9.17, 15) is 9.59 Å². The Hall–Kier alpha value is -1.12. The zero-order valence-corrected chi connectivity index (χ0v) is 13.1. The third-order valence-electron chi connectivity index (χ3n) is 2.23. The van der Waals surface area contributed by atoms with Gasteiger partial charge in [-0.15, -0.1) is 0 Å². The van der Waals surface area contributed by atoms with Crippen LogP contribution in [0.4, 0.5) is 5.69 Å². The summed E-state index contributed by atoms with van der Waals surface area (Å²) in [5.74, 6) is -1.17. The quantitative estimate of drug-likeness (QED) is 0.707. The summed E-state index contributed by atoms with van der Waals surface area (Å²) in [4.78, 5) is 22.2. The maximum atomic E-state index is 11.7. The minimum absolute atomic E-state index is 0.433. The van der Waals surface area contributed by atoms with E-state index in [1.54, 1.807) is 12.1 Å². The Morgan fingerprint density at radius 1 is 1.42 bits per heavy atom. The number of benzene rings is 1. The van der Waals surface area contributed by atoms with Gasteiger partial charge in [0, 0.05) is 10.5 Å². The molecule has 19 heavy (non-hydrogen) atoms. The van der Waals surface area contributed by atoms with Gasteiger partial charge in [-0.3, -0.25) is 9.59 Å². The van der Waals surface area contributed by atoms with Crippen molar-refractivity contribution in [1.82, 2.24) is 0 Å². The highest BCUT2D eigenvalue weighted by atomic mass is 79.9. The molecule has 0 fully saturated rings. The Bertz CT molecular complexity index is 508. The average Bonchev–Trinajstić information content (AvgIpc) is 2.31. The van der Waals surface area contributed by atoms with Crippen LogP contribution in [0.25, 0.3) is 0 Å². The maximum absolute atomic E-state index is 11.7. The average molecular weight is 396 g/mol. The van der Waals surface area contributed by atoms with Crippen LogP contribution in [-0.4, -0.2) is 30.1 Å². The molecule has 0 aliphatic rings. The lowest BCUT2D eigenvalue weighted by Gasteiger charge is -2.13. The molecule has 8 heteroatoms. The van der Waals surface area contributed by atoms with Crippen molar-refractivity contribution in [1.29, 1.82) is 0 Å². The van der Waals surface area contributed by atoms with Crippen LogP contribution < -0.4 is 15.8 Å². The Morgan fingerprint density at radius 3 is 2.58 bits per heavy atom. The normalized spacial score (nSPS) is 11.8. The molecule has 1 aromatic rings. The van der Waals surface area contributed by atoms with E-state index in [1.807, 2.05) is 0 Å². The Balaban J connectivity index is 2.87. The molecule has 4 N–H and O–H groups in total. The number of methoxy groups -OCH3 is 1. The smallest absolute Gasteiger partial charge is 0.305 e. The summed E-state index contributed by atoms with van der Waals surface area (Å²) >= 11 is 6.58. The molecule has 1 amide bonds. The Morgan fingerprint density at radius 2 is 2.05 bits per heavy atom. The lowest BCUT2D eigenvalue weighted by Crippen LogP contribution is -2.37. The molecular formula is C11H12Br2N2O4. The van der Waals surface area contributed by atoms with Gasteiger partial charge in [0.2, 0.25) is 5.91 Å². The number of nitrogens with two attached hydrogens (primary N) is 1. The number of nitrogens with one attached hydrogen (secondary N) is 1. The molecule has 0 aliphatic heterocycles. The fourth-order valence-corrected chi connectivity index (χ4v) is 2.54. The second-order valence-electron chi connectivity index (χ2n) is 3.66. The van der Waals surface area contributed by atoms with Crippen molar-refractivity contribution in [2.75, 3.05) is 12.4 Å². The molecule has 0 saturated carbocycles. The van der Waals surface area contributed by atoms with Gasteiger partial charge < -0.3 is 20.9 Å². The number of halogens is 2. The number of anilines is 1. The predicted octanol–water partition coefficient (Wildman–Crippen LogP) is 1.96. The molecular weight excluding hydrogens is 384 g/mol. The second-order valence-corrected chi connectivity index (χ2v) is 5.37. The maximum Gasteiger partial charge on any atom is 0.305 e. The highest BCUT2D eigenvalue weighted by molar-refractivity contribution is 9.11. The lowest BCUT2D eigenvalue weighted by atomic mass is 10.2. The van der Waals surface area contributed by atoms with Gasteiger partial charge in [-0.05, 0) is 37.9 Å². The van der Waals surface area contributed by atoms with Gasteiger partial charge in [0.05, 0.1) is 29.7 Å². The van der Waals surface area contributed by atoms with Crippen molar-refractivity contribution >= 4 is 49.4 Å². The highest BCUT2D eigenvalue weighted by Gasteiger charge is 2.18. The van der Waals surface area contributed by atoms with Gasteiger partial charge in [-0.2, -0.15) is 0 Å². The Kier molecular flexibility index (Phi) is 5.77. The van der Waals surface area contributed by atoms with E-state index in [0.29, 0.717) is 15.9 Å². The second kappa shape index (κ2) is 6.88. The number of ether oxygens (including phenoxy) is 1. The molecule has 0 radical (unpaired) electrons. The summed E-state index contributed by atoms with van der Waals surface area (Å²) < 4.78 is 6.44. The van der Waals surface area contributed by atoms with E-state index >= 15 is 0 Å². The molecule has 0 spiro atoms. The number of carboxylic acid groups (broad SMARTS) is 1. The predicted molar refractivity (Wildman–Crippen MR) is 77.3 cm³/mol. The molecule has 0 aromatic heterocycles. The minimum atomic E-state index is -1.13. The summed E-state index contributed by atoms with van der Waals surface area (Å²) in [6.07, 6.45) is -0.433. The monoisotopic (exact) mass is 394 g/mol. The lowest BCUT2D eigenvalue weighted by molar-refractivity contribution is -0.138. The fourth-order valence-electron chi connectivity index (χ4n) is 1.29. The molecule has 0 aliphatic carbocycles. The zero-order chi connectivity index (χ0) is 14.6. The van der Waals surface area contributed by atoms with Crippen molar-refractivity contribution in [2.45, 2.75) is 12.5 Å². The molecule has 0 saturated heterocycles. The van der Waals surface area contributed by atoms with Crippen LogP contribution >= 0.6 is 31.9 Å². The van der Waals surface area contributed by atoms with Crippen molar-refractivity contribution in [3.8, 4) is 5.75 Å². The van der Waals surface area contributed by atoms with Crippen molar-refractivity contribution in [3.05, 3.63) is 21.1 Å². The van der Waals surface area contributed by atoms with Gasteiger partial charge in [-0.25, -0.2) is 0 Å². The number of rotatable bonds is 5. The summed E-state index contributed by atoms with van der Waals surface area (Å²) in [6, 6.07) is 2.19. The van der Waals surface area contributed by atoms with Crippen molar-refractivity contribution in [2.24, 2.45) is 5.73 Å². The molecule has 0 bridgehead atoms. The molecule has 104 valence electrons. The minimum Gasteiger partial charge on any atom is -0.495 e. The SMILES string of the molecule is COc1cc(NC(=O)C(N)CC(=O)O)c(Br)cc1Br. The summed E-state index contributed by atoms with van der Waals surface area (Å²) in [6.45, 7) is 0. The number of hydrogen-bond donors (Lipinski definition) is 3. The molecule has 0 heterocycles. The van der Waals surface area contributed by atoms with E-state index in [2.05, 4.69) is 37.2 Å². The molecule has 1 unspecified atom stereocenters. The summed E-state index contributed by atoms with van der Waals surface area (Å²) in [7, 11) is 1.50. The third kappa shape index (κ3) is 4.48. The first kappa shape index (κ1) is 15.9. The van der Waals surface area contributed by atoms with Crippen LogP contribution in [0.15, 0.2) is 21.1 Å². The van der Waals surface area contributed by atoms with Gasteiger partial charge in [0.15, 0.2) is 0 Å².